The van der Waals surface area contributed by atoms with Gasteiger partial charge in [0.15, 0.2) is 0 Å². The topological polar surface area (TPSA) is 41.6 Å². The first-order chi connectivity index (χ1) is 9.92. The second-order valence-corrected chi connectivity index (χ2v) is 6.48. The van der Waals surface area contributed by atoms with Crippen LogP contribution >= 0.6 is 23.2 Å². The molecule has 0 bridgehead atoms. The third kappa shape index (κ3) is 4.10. The van der Waals surface area contributed by atoms with Gasteiger partial charge in [-0.25, -0.2) is 0 Å². The maximum Gasteiger partial charge on any atom is 0.252 e. The molecule has 1 N–H and O–H groups in total. The van der Waals surface area contributed by atoms with Crippen LogP contribution in [0.1, 0.15) is 24.2 Å². The van der Waals surface area contributed by atoms with Crippen molar-refractivity contribution in [3.8, 4) is 0 Å². The zero-order chi connectivity index (χ0) is 15.5. The fourth-order valence-electron chi connectivity index (χ4n) is 2.35. The number of hydrogen-bond donors (Lipinski definition) is 1. The molecule has 1 aliphatic heterocycles. The molecule has 6 heteroatoms. The van der Waals surface area contributed by atoms with Crippen molar-refractivity contribution in [2.75, 3.05) is 32.8 Å². The number of nitrogens with one attached hydrogen (secondary N) is 1. The Bertz CT molecular complexity index is 514. The first-order valence-electron chi connectivity index (χ1n) is 6.97. The van der Waals surface area contributed by atoms with E-state index >= 15 is 0 Å². The fraction of sp³-hybridized carbons (Fsp3) is 0.533. The van der Waals surface area contributed by atoms with Crippen molar-refractivity contribution < 1.29 is 9.53 Å². The Hall–Kier alpha value is -0.810. The van der Waals surface area contributed by atoms with Gasteiger partial charge in [-0.1, -0.05) is 29.3 Å². The molecule has 0 aromatic heterocycles. The molecule has 0 spiro atoms. The van der Waals surface area contributed by atoms with Crippen molar-refractivity contribution in [1.82, 2.24) is 10.2 Å². The normalized spacial score (nSPS) is 16.8. The van der Waals surface area contributed by atoms with Gasteiger partial charge in [-0.3, -0.25) is 9.69 Å². The van der Waals surface area contributed by atoms with Crippen LogP contribution in [0.15, 0.2) is 18.2 Å². The lowest BCUT2D eigenvalue weighted by atomic mass is 10.0. The molecule has 1 amide bonds. The Morgan fingerprint density at radius 3 is 2.67 bits per heavy atom. The largest absolute Gasteiger partial charge is 0.379 e. The van der Waals surface area contributed by atoms with E-state index in [1.807, 2.05) is 0 Å². The second-order valence-electron chi connectivity index (χ2n) is 5.70. The van der Waals surface area contributed by atoms with Crippen LogP contribution < -0.4 is 5.32 Å². The SMILES string of the molecule is CC(C)(CNC(=O)c1cccc(Cl)c1Cl)N1CCOCC1. The van der Waals surface area contributed by atoms with Crippen LogP contribution in [0.4, 0.5) is 0 Å². The summed E-state index contributed by atoms with van der Waals surface area (Å²) in [6, 6.07) is 5.06. The van der Waals surface area contributed by atoms with Crippen molar-refractivity contribution >= 4 is 29.1 Å². The molecule has 1 heterocycles. The zero-order valence-electron chi connectivity index (χ0n) is 12.3. The fourth-order valence-corrected chi connectivity index (χ4v) is 2.74. The van der Waals surface area contributed by atoms with Crippen molar-refractivity contribution in [1.29, 1.82) is 0 Å². The maximum atomic E-state index is 12.2. The standard InChI is InChI=1S/C15H20Cl2N2O2/c1-15(2,19-6-8-21-9-7-19)10-18-14(20)11-4-3-5-12(16)13(11)17/h3-5H,6-10H2,1-2H3,(H,18,20). The molecule has 0 unspecified atom stereocenters. The zero-order valence-corrected chi connectivity index (χ0v) is 13.8. The third-order valence-electron chi connectivity index (χ3n) is 3.74. The van der Waals surface area contributed by atoms with Gasteiger partial charge in [-0.2, -0.15) is 0 Å². The van der Waals surface area contributed by atoms with Gasteiger partial charge in [-0.05, 0) is 26.0 Å². The summed E-state index contributed by atoms with van der Waals surface area (Å²) < 4.78 is 5.36. The molecule has 0 aliphatic carbocycles. The maximum absolute atomic E-state index is 12.2. The van der Waals surface area contributed by atoms with Gasteiger partial charge in [-0.15, -0.1) is 0 Å². The van der Waals surface area contributed by atoms with Crippen molar-refractivity contribution in [3.63, 3.8) is 0 Å². The average Bonchev–Trinajstić information content (AvgIpc) is 2.49. The number of carbonyl (C=O) groups is 1. The van der Waals surface area contributed by atoms with Gasteiger partial charge < -0.3 is 10.1 Å². The predicted molar refractivity (Wildman–Crippen MR) is 85.3 cm³/mol. The highest BCUT2D eigenvalue weighted by Gasteiger charge is 2.28. The molecular formula is C15H20Cl2N2O2. The quantitative estimate of drug-likeness (QED) is 0.922. The second kappa shape index (κ2) is 6.97. The van der Waals surface area contributed by atoms with Crippen LogP contribution in [-0.2, 0) is 4.74 Å². The van der Waals surface area contributed by atoms with Crippen LogP contribution in [0.3, 0.4) is 0 Å². The number of amides is 1. The van der Waals surface area contributed by atoms with Crippen LogP contribution in [0.5, 0.6) is 0 Å². The highest BCUT2D eigenvalue weighted by Crippen LogP contribution is 2.25. The first kappa shape index (κ1) is 16.6. The summed E-state index contributed by atoms with van der Waals surface area (Å²) in [6.45, 7) is 7.97. The predicted octanol–water partition coefficient (Wildman–Crippen LogP) is 2.83. The number of ether oxygens (including phenoxy) is 1. The minimum Gasteiger partial charge on any atom is -0.379 e. The highest BCUT2D eigenvalue weighted by atomic mass is 35.5. The van der Waals surface area contributed by atoms with Crippen LogP contribution in [-0.4, -0.2) is 49.2 Å². The van der Waals surface area contributed by atoms with Crippen LogP contribution in [0.2, 0.25) is 10.0 Å². The Balaban J connectivity index is 1.98. The number of halogens is 2. The van der Waals surface area contributed by atoms with E-state index in [1.54, 1.807) is 18.2 Å². The number of hydrogen-bond acceptors (Lipinski definition) is 3. The van der Waals surface area contributed by atoms with Gasteiger partial charge in [0, 0.05) is 25.2 Å². The molecule has 1 aliphatic rings. The lowest BCUT2D eigenvalue weighted by Crippen LogP contribution is -2.55. The van der Waals surface area contributed by atoms with Gasteiger partial charge in [0.1, 0.15) is 0 Å². The average molecular weight is 331 g/mol. The molecule has 1 aromatic rings. The van der Waals surface area contributed by atoms with E-state index in [4.69, 9.17) is 27.9 Å². The monoisotopic (exact) mass is 330 g/mol. The molecule has 116 valence electrons. The molecule has 1 saturated heterocycles. The number of benzene rings is 1. The van der Waals surface area contributed by atoms with E-state index in [9.17, 15) is 4.79 Å². The number of rotatable bonds is 4. The molecule has 1 fully saturated rings. The molecular weight excluding hydrogens is 311 g/mol. The van der Waals surface area contributed by atoms with Crippen LogP contribution in [0, 0.1) is 0 Å². The van der Waals surface area contributed by atoms with Gasteiger partial charge >= 0.3 is 0 Å². The smallest absolute Gasteiger partial charge is 0.252 e. The van der Waals surface area contributed by atoms with E-state index < -0.39 is 0 Å². The Kier molecular flexibility index (Phi) is 5.49. The summed E-state index contributed by atoms with van der Waals surface area (Å²) in [7, 11) is 0. The van der Waals surface area contributed by atoms with Gasteiger partial charge in [0.05, 0.1) is 28.8 Å². The molecule has 4 nitrogen and oxygen atoms in total. The van der Waals surface area contributed by atoms with Crippen molar-refractivity contribution in [3.05, 3.63) is 33.8 Å². The van der Waals surface area contributed by atoms with Crippen molar-refractivity contribution in [2.24, 2.45) is 0 Å². The van der Waals surface area contributed by atoms with Gasteiger partial charge in [0.2, 0.25) is 0 Å². The lowest BCUT2D eigenvalue weighted by Gasteiger charge is -2.40. The highest BCUT2D eigenvalue weighted by molar-refractivity contribution is 6.43. The summed E-state index contributed by atoms with van der Waals surface area (Å²) in [5.74, 6) is -0.205. The number of carbonyl (C=O) groups excluding carboxylic acids is 1. The van der Waals surface area contributed by atoms with E-state index in [0.717, 1.165) is 26.3 Å². The van der Waals surface area contributed by atoms with E-state index in [2.05, 4.69) is 24.1 Å². The van der Waals surface area contributed by atoms with Crippen molar-refractivity contribution in [2.45, 2.75) is 19.4 Å². The molecule has 0 saturated carbocycles. The molecule has 0 atom stereocenters. The summed E-state index contributed by atoms with van der Waals surface area (Å²) in [5, 5.41) is 3.62. The Morgan fingerprint density at radius 1 is 1.33 bits per heavy atom. The summed E-state index contributed by atoms with van der Waals surface area (Å²) >= 11 is 12.0. The molecule has 21 heavy (non-hydrogen) atoms. The Labute approximate surface area is 135 Å². The molecule has 2 rings (SSSR count). The Morgan fingerprint density at radius 2 is 2.00 bits per heavy atom. The minimum absolute atomic E-state index is 0.134. The minimum atomic E-state index is -0.205. The number of morpholine rings is 1. The summed E-state index contributed by atoms with van der Waals surface area (Å²) in [5.41, 5.74) is 0.270. The summed E-state index contributed by atoms with van der Waals surface area (Å²) in [4.78, 5) is 14.6. The van der Waals surface area contributed by atoms with E-state index in [0.29, 0.717) is 22.2 Å². The summed E-state index contributed by atoms with van der Waals surface area (Å²) in [6.07, 6.45) is 0. The van der Waals surface area contributed by atoms with E-state index in [1.165, 1.54) is 0 Å². The first-order valence-corrected chi connectivity index (χ1v) is 7.72. The molecule has 1 aromatic carbocycles. The van der Waals surface area contributed by atoms with E-state index in [-0.39, 0.29) is 11.4 Å². The number of nitrogens with zero attached hydrogens (tertiary/aromatic N) is 1. The van der Waals surface area contributed by atoms with Gasteiger partial charge in [0.25, 0.3) is 5.91 Å². The lowest BCUT2D eigenvalue weighted by molar-refractivity contribution is -0.00923. The van der Waals surface area contributed by atoms with Crippen LogP contribution in [0.25, 0.3) is 0 Å². The molecule has 0 radical (unpaired) electrons. The third-order valence-corrected chi connectivity index (χ3v) is 4.56.